The Bertz CT molecular complexity index is 752. The third-order valence-electron chi connectivity index (χ3n) is 4.60. The first-order chi connectivity index (χ1) is 11.9. The van der Waals surface area contributed by atoms with Crippen LogP contribution in [0.25, 0.3) is 0 Å². The van der Waals surface area contributed by atoms with Crippen molar-refractivity contribution in [3.05, 3.63) is 35.0 Å². The Labute approximate surface area is 149 Å². The SMILES string of the molecule is CC(C)c1nn(C)c(N(C)C)c1CN[C@@H](C)c1ccc2c(c1)OCO2. The maximum atomic E-state index is 5.49. The molecule has 6 heteroatoms. The summed E-state index contributed by atoms with van der Waals surface area (Å²) >= 11 is 0. The van der Waals surface area contributed by atoms with E-state index in [1.807, 2.05) is 17.8 Å². The molecule has 0 unspecified atom stereocenters. The number of nitrogens with zero attached hydrogens (tertiary/aromatic N) is 3. The van der Waals surface area contributed by atoms with Gasteiger partial charge in [0.2, 0.25) is 6.79 Å². The molecule has 1 atom stereocenters. The number of aryl methyl sites for hydroxylation is 1. The van der Waals surface area contributed by atoms with Gasteiger partial charge in [0.1, 0.15) is 5.82 Å². The first-order valence-corrected chi connectivity index (χ1v) is 8.74. The molecule has 0 amide bonds. The van der Waals surface area contributed by atoms with Gasteiger partial charge >= 0.3 is 0 Å². The van der Waals surface area contributed by atoms with Crippen LogP contribution in [-0.2, 0) is 13.6 Å². The topological polar surface area (TPSA) is 51.6 Å². The van der Waals surface area contributed by atoms with Crippen molar-refractivity contribution in [1.29, 1.82) is 0 Å². The third kappa shape index (κ3) is 3.44. The van der Waals surface area contributed by atoms with Gasteiger partial charge in [0, 0.05) is 39.3 Å². The lowest BCUT2D eigenvalue weighted by Crippen LogP contribution is -2.21. The zero-order chi connectivity index (χ0) is 18.1. The number of hydrogen-bond donors (Lipinski definition) is 1. The van der Waals surface area contributed by atoms with E-state index in [1.54, 1.807) is 0 Å². The summed E-state index contributed by atoms with van der Waals surface area (Å²) in [5, 5.41) is 8.36. The van der Waals surface area contributed by atoms with Crippen LogP contribution in [0.4, 0.5) is 5.82 Å². The van der Waals surface area contributed by atoms with Crippen LogP contribution < -0.4 is 19.7 Å². The fraction of sp³-hybridized carbons (Fsp3) is 0.526. The summed E-state index contributed by atoms with van der Waals surface area (Å²) in [6.07, 6.45) is 0. The number of nitrogens with one attached hydrogen (secondary N) is 1. The predicted molar refractivity (Wildman–Crippen MR) is 99.4 cm³/mol. The number of benzene rings is 1. The summed E-state index contributed by atoms with van der Waals surface area (Å²) in [6, 6.07) is 6.32. The van der Waals surface area contributed by atoms with E-state index < -0.39 is 0 Å². The van der Waals surface area contributed by atoms with Crippen LogP contribution in [-0.4, -0.2) is 30.7 Å². The predicted octanol–water partition coefficient (Wildman–Crippen LogP) is 3.19. The Balaban J connectivity index is 1.79. The molecule has 0 fully saturated rings. The van der Waals surface area contributed by atoms with Crippen LogP contribution in [0.5, 0.6) is 11.5 Å². The molecule has 1 aliphatic rings. The third-order valence-corrected chi connectivity index (χ3v) is 4.60. The number of hydrogen-bond acceptors (Lipinski definition) is 5. The smallest absolute Gasteiger partial charge is 0.231 e. The van der Waals surface area contributed by atoms with Crippen LogP contribution in [0.2, 0.25) is 0 Å². The summed E-state index contributed by atoms with van der Waals surface area (Å²) in [5.41, 5.74) is 3.59. The molecule has 0 saturated carbocycles. The molecule has 2 heterocycles. The van der Waals surface area contributed by atoms with Gasteiger partial charge in [-0.15, -0.1) is 0 Å². The van der Waals surface area contributed by atoms with Crippen molar-refractivity contribution in [3.8, 4) is 11.5 Å². The van der Waals surface area contributed by atoms with Crippen LogP contribution in [0, 0.1) is 0 Å². The second-order valence-corrected chi connectivity index (χ2v) is 7.08. The van der Waals surface area contributed by atoms with Gasteiger partial charge in [-0.05, 0) is 30.5 Å². The Morgan fingerprint density at radius 2 is 1.92 bits per heavy atom. The minimum atomic E-state index is 0.199. The lowest BCUT2D eigenvalue weighted by molar-refractivity contribution is 0.174. The Morgan fingerprint density at radius 3 is 2.60 bits per heavy atom. The maximum absolute atomic E-state index is 5.49. The van der Waals surface area contributed by atoms with Crippen molar-refractivity contribution in [2.45, 2.75) is 39.3 Å². The fourth-order valence-electron chi connectivity index (χ4n) is 3.33. The van der Waals surface area contributed by atoms with E-state index in [-0.39, 0.29) is 6.04 Å². The van der Waals surface area contributed by atoms with Crippen molar-refractivity contribution in [2.75, 3.05) is 25.8 Å². The average Bonchev–Trinajstić information content (AvgIpc) is 3.15. The van der Waals surface area contributed by atoms with Crippen molar-refractivity contribution >= 4 is 5.82 Å². The molecule has 25 heavy (non-hydrogen) atoms. The molecular formula is C19H28N4O2. The van der Waals surface area contributed by atoms with Gasteiger partial charge in [0.05, 0.1) is 5.69 Å². The number of rotatable bonds is 6. The van der Waals surface area contributed by atoms with Gasteiger partial charge in [-0.3, -0.25) is 4.68 Å². The minimum absolute atomic E-state index is 0.199. The van der Waals surface area contributed by atoms with Gasteiger partial charge in [0.25, 0.3) is 0 Å². The first kappa shape index (κ1) is 17.6. The highest BCUT2D eigenvalue weighted by Crippen LogP contribution is 2.34. The largest absolute Gasteiger partial charge is 0.454 e. The Morgan fingerprint density at radius 1 is 1.20 bits per heavy atom. The molecule has 3 rings (SSSR count). The monoisotopic (exact) mass is 344 g/mol. The molecule has 1 aromatic carbocycles. The van der Waals surface area contributed by atoms with E-state index in [9.17, 15) is 0 Å². The van der Waals surface area contributed by atoms with E-state index in [4.69, 9.17) is 14.6 Å². The van der Waals surface area contributed by atoms with Gasteiger partial charge < -0.3 is 19.7 Å². The van der Waals surface area contributed by atoms with E-state index in [0.29, 0.717) is 12.7 Å². The van der Waals surface area contributed by atoms with Gasteiger partial charge in [-0.2, -0.15) is 5.10 Å². The summed E-state index contributed by atoms with van der Waals surface area (Å²) in [7, 11) is 6.13. The summed E-state index contributed by atoms with van der Waals surface area (Å²) < 4.78 is 12.8. The van der Waals surface area contributed by atoms with E-state index in [1.165, 1.54) is 11.1 Å². The molecule has 0 aliphatic carbocycles. The molecule has 6 nitrogen and oxygen atoms in total. The van der Waals surface area contributed by atoms with Crippen LogP contribution in [0.15, 0.2) is 18.2 Å². The van der Waals surface area contributed by atoms with Crippen LogP contribution in [0.3, 0.4) is 0 Å². The highest BCUT2D eigenvalue weighted by molar-refractivity contribution is 5.50. The van der Waals surface area contributed by atoms with E-state index in [2.05, 4.69) is 57.2 Å². The lowest BCUT2D eigenvalue weighted by atomic mass is 10.0. The zero-order valence-corrected chi connectivity index (χ0v) is 16.0. The number of fused-ring (bicyclic) bond motifs is 1. The zero-order valence-electron chi connectivity index (χ0n) is 16.0. The molecule has 2 aromatic rings. The second kappa shape index (κ2) is 6.96. The minimum Gasteiger partial charge on any atom is -0.454 e. The second-order valence-electron chi connectivity index (χ2n) is 7.08. The van der Waals surface area contributed by atoms with Crippen molar-refractivity contribution < 1.29 is 9.47 Å². The molecule has 1 aromatic heterocycles. The lowest BCUT2D eigenvalue weighted by Gasteiger charge is -2.19. The van der Waals surface area contributed by atoms with Crippen molar-refractivity contribution in [3.63, 3.8) is 0 Å². The van der Waals surface area contributed by atoms with Gasteiger partial charge in [-0.25, -0.2) is 0 Å². The normalized spacial score (nSPS) is 14.2. The highest BCUT2D eigenvalue weighted by Gasteiger charge is 2.21. The summed E-state index contributed by atoms with van der Waals surface area (Å²) in [5.74, 6) is 3.18. The molecule has 136 valence electrons. The van der Waals surface area contributed by atoms with E-state index >= 15 is 0 Å². The quantitative estimate of drug-likeness (QED) is 0.872. The van der Waals surface area contributed by atoms with Gasteiger partial charge in [-0.1, -0.05) is 19.9 Å². The Kier molecular flexibility index (Phi) is 4.90. The van der Waals surface area contributed by atoms with Crippen LogP contribution in [0.1, 0.15) is 49.6 Å². The fourth-order valence-corrected chi connectivity index (χ4v) is 3.33. The number of anilines is 1. The molecular weight excluding hydrogens is 316 g/mol. The summed E-state index contributed by atoms with van der Waals surface area (Å²) in [6.45, 7) is 7.61. The maximum Gasteiger partial charge on any atom is 0.231 e. The standard InChI is InChI=1S/C19H28N4O2/c1-12(2)18-15(19(22(4)5)23(6)21-18)10-20-13(3)14-7-8-16-17(9-14)25-11-24-16/h7-9,12-13,20H,10-11H2,1-6H3/t13-/m0/s1. The highest BCUT2D eigenvalue weighted by atomic mass is 16.7. The van der Waals surface area contributed by atoms with Crippen molar-refractivity contribution in [1.82, 2.24) is 15.1 Å². The van der Waals surface area contributed by atoms with Crippen molar-refractivity contribution in [2.24, 2.45) is 7.05 Å². The molecule has 1 N–H and O–H groups in total. The van der Waals surface area contributed by atoms with E-state index in [0.717, 1.165) is 29.6 Å². The molecule has 0 radical (unpaired) electrons. The first-order valence-electron chi connectivity index (χ1n) is 8.74. The molecule has 0 spiro atoms. The average molecular weight is 344 g/mol. The molecule has 0 bridgehead atoms. The number of ether oxygens (including phenoxy) is 2. The Hall–Kier alpha value is -2.21. The molecule has 1 aliphatic heterocycles. The molecule has 0 saturated heterocycles. The van der Waals surface area contributed by atoms with Crippen LogP contribution >= 0.6 is 0 Å². The summed E-state index contributed by atoms with van der Waals surface area (Å²) in [4.78, 5) is 2.13. The number of aromatic nitrogens is 2. The van der Waals surface area contributed by atoms with Gasteiger partial charge in [0.15, 0.2) is 11.5 Å².